The van der Waals surface area contributed by atoms with Crippen molar-refractivity contribution in [3.63, 3.8) is 0 Å². The topological polar surface area (TPSA) is 41.5 Å². The van der Waals surface area contributed by atoms with E-state index in [1.807, 2.05) is 0 Å². The number of hydrogen-bond donors (Lipinski definition) is 2. The summed E-state index contributed by atoms with van der Waals surface area (Å²) >= 11 is 0. The summed E-state index contributed by atoms with van der Waals surface area (Å²) < 4.78 is 55.3. The van der Waals surface area contributed by atoms with Gasteiger partial charge in [0, 0.05) is 20.2 Å². The number of nitrogens with one attached hydrogen (secondary N) is 1. The lowest BCUT2D eigenvalue weighted by Gasteiger charge is -2.15. The van der Waals surface area contributed by atoms with Gasteiger partial charge in [0.1, 0.15) is 5.82 Å². The summed E-state index contributed by atoms with van der Waals surface area (Å²) in [4.78, 5) is 0. The zero-order chi connectivity index (χ0) is 14.5. The molecule has 1 aromatic rings. The normalized spacial score (nSPS) is 13.6. The second-order valence-electron chi connectivity index (χ2n) is 3.95. The summed E-state index contributed by atoms with van der Waals surface area (Å²) in [5, 5.41) is 12.5. The molecule has 0 amide bonds. The van der Waals surface area contributed by atoms with Gasteiger partial charge in [-0.1, -0.05) is 6.07 Å². The van der Waals surface area contributed by atoms with E-state index in [4.69, 9.17) is 4.74 Å². The summed E-state index contributed by atoms with van der Waals surface area (Å²) in [6.45, 7) is 0.942. The molecule has 0 aliphatic rings. The smallest absolute Gasteiger partial charge is 0.387 e. The van der Waals surface area contributed by atoms with E-state index >= 15 is 0 Å². The lowest BCUT2D eigenvalue weighted by Crippen LogP contribution is -2.25. The van der Waals surface area contributed by atoms with Crippen molar-refractivity contribution in [3.05, 3.63) is 35.1 Å². The third-order valence-corrected chi connectivity index (χ3v) is 2.50. The Balaban J connectivity index is 2.73. The maximum atomic E-state index is 13.0. The highest BCUT2D eigenvalue weighted by Gasteiger charge is 2.34. The Morgan fingerprint density at radius 2 is 2.05 bits per heavy atom. The summed E-state index contributed by atoms with van der Waals surface area (Å²) in [5.74, 6) is -1.35. The molecule has 108 valence electrons. The maximum Gasteiger partial charge on any atom is 0.419 e. The van der Waals surface area contributed by atoms with Crippen molar-refractivity contribution in [2.75, 3.05) is 26.8 Å². The van der Waals surface area contributed by atoms with Crippen LogP contribution in [-0.4, -0.2) is 31.9 Å². The number of benzene rings is 1. The van der Waals surface area contributed by atoms with Gasteiger partial charge >= 0.3 is 6.18 Å². The average Bonchev–Trinajstić information content (AvgIpc) is 2.33. The molecule has 1 atom stereocenters. The first-order valence-electron chi connectivity index (χ1n) is 5.60. The number of rotatable bonds is 6. The molecular weight excluding hydrogens is 266 g/mol. The highest BCUT2D eigenvalue weighted by Crippen LogP contribution is 2.32. The van der Waals surface area contributed by atoms with E-state index in [1.165, 1.54) is 7.11 Å². The Kier molecular flexibility index (Phi) is 5.71. The van der Waals surface area contributed by atoms with Gasteiger partial charge < -0.3 is 15.2 Å². The van der Waals surface area contributed by atoms with Crippen LogP contribution in [0.1, 0.15) is 17.2 Å². The van der Waals surface area contributed by atoms with Crippen LogP contribution in [0.3, 0.4) is 0 Å². The Morgan fingerprint density at radius 3 is 2.63 bits per heavy atom. The lowest BCUT2D eigenvalue weighted by molar-refractivity contribution is -0.140. The highest BCUT2D eigenvalue weighted by molar-refractivity contribution is 5.28. The third kappa shape index (κ3) is 4.77. The average molecular weight is 281 g/mol. The van der Waals surface area contributed by atoms with E-state index in [9.17, 15) is 22.7 Å². The summed E-state index contributed by atoms with van der Waals surface area (Å²) in [6.07, 6.45) is -5.91. The van der Waals surface area contributed by atoms with Gasteiger partial charge in [-0.05, 0) is 17.7 Å². The zero-order valence-corrected chi connectivity index (χ0v) is 10.3. The molecule has 0 bridgehead atoms. The molecule has 2 N–H and O–H groups in total. The summed E-state index contributed by atoms with van der Waals surface area (Å²) in [7, 11) is 1.51. The molecule has 0 radical (unpaired) electrons. The van der Waals surface area contributed by atoms with Crippen molar-refractivity contribution in [2.45, 2.75) is 12.3 Å². The molecule has 19 heavy (non-hydrogen) atoms. The predicted octanol–water partition coefficient (Wildman–Crippen LogP) is 2.11. The lowest BCUT2D eigenvalue weighted by atomic mass is 10.1. The van der Waals surface area contributed by atoms with E-state index in [0.717, 1.165) is 6.07 Å². The fourth-order valence-electron chi connectivity index (χ4n) is 1.50. The minimum Gasteiger partial charge on any atom is -0.387 e. The van der Waals surface area contributed by atoms with Crippen molar-refractivity contribution in [1.82, 2.24) is 5.32 Å². The van der Waals surface area contributed by atoms with E-state index < -0.39 is 23.7 Å². The Labute approximate surface area is 108 Å². The number of aliphatic hydroxyl groups is 1. The molecule has 0 saturated carbocycles. The predicted molar refractivity (Wildman–Crippen MR) is 61.1 cm³/mol. The van der Waals surface area contributed by atoms with Crippen LogP contribution >= 0.6 is 0 Å². The number of alkyl halides is 3. The molecule has 0 saturated heterocycles. The van der Waals surface area contributed by atoms with Crippen LogP contribution < -0.4 is 5.32 Å². The van der Waals surface area contributed by atoms with E-state index in [2.05, 4.69) is 5.32 Å². The number of halogens is 4. The molecule has 1 rings (SSSR count). The second-order valence-corrected chi connectivity index (χ2v) is 3.95. The van der Waals surface area contributed by atoms with Gasteiger partial charge in [-0.25, -0.2) is 4.39 Å². The fourth-order valence-corrected chi connectivity index (χ4v) is 1.50. The highest BCUT2D eigenvalue weighted by atomic mass is 19.4. The van der Waals surface area contributed by atoms with E-state index in [-0.39, 0.29) is 12.1 Å². The third-order valence-electron chi connectivity index (χ3n) is 2.50. The molecule has 0 heterocycles. The van der Waals surface area contributed by atoms with Crippen LogP contribution in [0.2, 0.25) is 0 Å². The van der Waals surface area contributed by atoms with Gasteiger partial charge in [-0.2, -0.15) is 13.2 Å². The van der Waals surface area contributed by atoms with E-state index in [0.29, 0.717) is 25.3 Å². The number of aliphatic hydroxyl groups excluding tert-OH is 1. The van der Waals surface area contributed by atoms with Crippen LogP contribution in [0.15, 0.2) is 18.2 Å². The van der Waals surface area contributed by atoms with Crippen molar-refractivity contribution >= 4 is 0 Å². The Bertz CT molecular complexity index is 409. The van der Waals surface area contributed by atoms with Crippen molar-refractivity contribution in [2.24, 2.45) is 0 Å². The monoisotopic (exact) mass is 281 g/mol. The first-order valence-corrected chi connectivity index (χ1v) is 5.60. The molecule has 0 fully saturated rings. The van der Waals surface area contributed by atoms with Gasteiger partial charge in [0.2, 0.25) is 0 Å². The SMILES string of the molecule is COCCNCC(O)c1ccc(F)c(C(F)(F)F)c1. The molecule has 7 heteroatoms. The Morgan fingerprint density at radius 1 is 1.37 bits per heavy atom. The molecule has 1 unspecified atom stereocenters. The second kappa shape index (κ2) is 6.83. The maximum absolute atomic E-state index is 13.0. The number of ether oxygens (including phenoxy) is 1. The first-order chi connectivity index (χ1) is 8.86. The Hall–Kier alpha value is -1.18. The zero-order valence-electron chi connectivity index (χ0n) is 10.3. The molecule has 0 aromatic heterocycles. The van der Waals surface area contributed by atoms with Crippen molar-refractivity contribution in [1.29, 1.82) is 0 Å². The molecule has 0 aliphatic carbocycles. The van der Waals surface area contributed by atoms with Gasteiger partial charge in [0.05, 0.1) is 18.3 Å². The van der Waals surface area contributed by atoms with Crippen LogP contribution in [-0.2, 0) is 10.9 Å². The fraction of sp³-hybridized carbons (Fsp3) is 0.500. The van der Waals surface area contributed by atoms with Gasteiger partial charge in [0.15, 0.2) is 0 Å². The van der Waals surface area contributed by atoms with Crippen molar-refractivity contribution < 1.29 is 27.4 Å². The minimum absolute atomic E-state index is 0.0126. The molecule has 3 nitrogen and oxygen atoms in total. The van der Waals surface area contributed by atoms with Gasteiger partial charge in [-0.15, -0.1) is 0 Å². The van der Waals surface area contributed by atoms with Crippen molar-refractivity contribution in [3.8, 4) is 0 Å². The van der Waals surface area contributed by atoms with Crippen LogP contribution in [0, 0.1) is 5.82 Å². The molecule has 0 aliphatic heterocycles. The van der Waals surface area contributed by atoms with Gasteiger partial charge in [0.25, 0.3) is 0 Å². The summed E-state index contributed by atoms with van der Waals surface area (Å²) in [5.41, 5.74) is -1.36. The number of hydrogen-bond acceptors (Lipinski definition) is 3. The molecule has 0 spiro atoms. The van der Waals surface area contributed by atoms with Crippen LogP contribution in [0.25, 0.3) is 0 Å². The summed E-state index contributed by atoms with van der Waals surface area (Å²) in [6, 6.07) is 2.46. The largest absolute Gasteiger partial charge is 0.419 e. The minimum atomic E-state index is -4.77. The molecule has 1 aromatic carbocycles. The standard InChI is InChI=1S/C12H15F4NO2/c1-19-5-4-17-7-11(18)8-2-3-10(13)9(6-8)12(14,15)16/h2-3,6,11,17-18H,4-5,7H2,1H3. The van der Waals surface area contributed by atoms with E-state index in [1.54, 1.807) is 0 Å². The first kappa shape index (κ1) is 15.9. The van der Waals surface area contributed by atoms with Crippen LogP contribution in [0.4, 0.5) is 17.6 Å². The number of methoxy groups -OCH3 is 1. The molecular formula is C12H15F4NO2. The van der Waals surface area contributed by atoms with Gasteiger partial charge in [-0.3, -0.25) is 0 Å². The quantitative estimate of drug-likeness (QED) is 0.620. The van der Waals surface area contributed by atoms with Crippen LogP contribution in [0.5, 0.6) is 0 Å².